The summed E-state index contributed by atoms with van der Waals surface area (Å²) in [4.78, 5) is 10.7. The molecule has 4 nitrogen and oxygen atoms in total. The lowest BCUT2D eigenvalue weighted by molar-refractivity contribution is -0.105. The van der Waals surface area contributed by atoms with Gasteiger partial charge in [0, 0.05) is 0 Å². The van der Waals surface area contributed by atoms with Crippen molar-refractivity contribution in [3.8, 4) is 6.07 Å². The van der Waals surface area contributed by atoms with Crippen LogP contribution < -0.4 is 11.1 Å². The fourth-order valence-corrected chi connectivity index (χ4v) is 3.14. The topological polar surface area (TPSA) is 78.9 Å². The zero-order valence-corrected chi connectivity index (χ0v) is 13.8. The molecule has 2 aromatic rings. The minimum absolute atomic E-state index is 0.102. The number of halogens is 1. The van der Waals surface area contributed by atoms with Crippen LogP contribution >= 0.6 is 0 Å². The molecule has 1 fully saturated rings. The van der Waals surface area contributed by atoms with Gasteiger partial charge in [-0.1, -0.05) is 31.0 Å². The Hall–Kier alpha value is -2.71. The fourth-order valence-electron chi connectivity index (χ4n) is 3.14. The highest BCUT2D eigenvalue weighted by Gasteiger charge is 2.33. The van der Waals surface area contributed by atoms with E-state index >= 15 is 0 Å². The number of hydrogen-bond acceptors (Lipinski definition) is 3. The standard InChI is InChI=1S/C20H20FN3O/c21-18-7-6-17(11-19(18)24-13-25)20(23,9-8-14-4-5-14)16-3-1-2-15(10-16)12-22/h1-3,6-7,10-11,13-14H,4-5,8-9,23H2,(H,24,25). The molecule has 3 N–H and O–H groups in total. The first-order valence-corrected chi connectivity index (χ1v) is 8.36. The smallest absolute Gasteiger partial charge is 0.211 e. The zero-order chi connectivity index (χ0) is 17.9. The normalized spacial score (nSPS) is 15.9. The molecular weight excluding hydrogens is 317 g/mol. The van der Waals surface area contributed by atoms with E-state index in [0.29, 0.717) is 29.9 Å². The number of nitriles is 1. The van der Waals surface area contributed by atoms with Crippen LogP contribution in [0.25, 0.3) is 0 Å². The number of amides is 1. The largest absolute Gasteiger partial charge is 0.326 e. The molecule has 0 aliphatic heterocycles. The molecule has 1 aliphatic rings. The maximum absolute atomic E-state index is 13.9. The van der Waals surface area contributed by atoms with Gasteiger partial charge in [0.25, 0.3) is 0 Å². The van der Waals surface area contributed by atoms with E-state index in [1.165, 1.54) is 18.9 Å². The number of nitrogens with zero attached hydrogens (tertiary/aromatic N) is 1. The first-order chi connectivity index (χ1) is 12.1. The van der Waals surface area contributed by atoms with Crippen LogP contribution in [0, 0.1) is 23.1 Å². The van der Waals surface area contributed by atoms with Crippen molar-refractivity contribution < 1.29 is 9.18 Å². The van der Waals surface area contributed by atoms with Gasteiger partial charge in [-0.25, -0.2) is 4.39 Å². The van der Waals surface area contributed by atoms with Crippen molar-refractivity contribution >= 4 is 12.1 Å². The van der Waals surface area contributed by atoms with Gasteiger partial charge < -0.3 is 11.1 Å². The fraction of sp³-hybridized carbons (Fsp3) is 0.300. The van der Waals surface area contributed by atoms with Crippen molar-refractivity contribution in [2.75, 3.05) is 5.32 Å². The van der Waals surface area contributed by atoms with Crippen LogP contribution in [-0.2, 0) is 10.3 Å². The van der Waals surface area contributed by atoms with Gasteiger partial charge >= 0.3 is 0 Å². The number of carbonyl (C=O) groups is 1. The van der Waals surface area contributed by atoms with Crippen LogP contribution in [0.2, 0.25) is 0 Å². The minimum Gasteiger partial charge on any atom is -0.326 e. The maximum atomic E-state index is 13.9. The molecule has 0 aromatic heterocycles. The summed E-state index contributed by atoms with van der Waals surface area (Å²) in [5.74, 6) is 0.182. The van der Waals surface area contributed by atoms with Gasteiger partial charge in [0.05, 0.1) is 22.9 Å². The Bertz CT molecular complexity index is 826. The van der Waals surface area contributed by atoms with Crippen molar-refractivity contribution in [3.05, 3.63) is 65.0 Å². The molecule has 1 atom stereocenters. The van der Waals surface area contributed by atoms with Gasteiger partial charge in [0.1, 0.15) is 5.82 Å². The average molecular weight is 337 g/mol. The lowest BCUT2D eigenvalue weighted by Crippen LogP contribution is -2.38. The van der Waals surface area contributed by atoms with Crippen LogP contribution in [0.4, 0.5) is 10.1 Å². The highest BCUT2D eigenvalue weighted by molar-refractivity contribution is 5.72. The molecule has 0 heterocycles. The summed E-state index contributed by atoms with van der Waals surface area (Å²) in [6.07, 6.45) is 4.55. The minimum atomic E-state index is -0.845. The van der Waals surface area contributed by atoms with Gasteiger partial charge in [-0.15, -0.1) is 0 Å². The number of hydrogen-bond donors (Lipinski definition) is 2. The molecule has 5 heteroatoms. The molecule has 25 heavy (non-hydrogen) atoms. The number of rotatable bonds is 7. The van der Waals surface area contributed by atoms with E-state index in [0.717, 1.165) is 12.0 Å². The lowest BCUT2D eigenvalue weighted by Gasteiger charge is -2.31. The van der Waals surface area contributed by atoms with Crippen LogP contribution in [-0.4, -0.2) is 6.41 Å². The summed E-state index contributed by atoms with van der Waals surface area (Å²) in [6, 6.07) is 13.9. The molecule has 0 radical (unpaired) electrons. The summed E-state index contributed by atoms with van der Waals surface area (Å²) in [5, 5.41) is 11.6. The number of anilines is 1. The molecule has 1 saturated carbocycles. The number of nitrogens with one attached hydrogen (secondary N) is 1. The van der Waals surface area contributed by atoms with Crippen molar-refractivity contribution in [3.63, 3.8) is 0 Å². The van der Waals surface area contributed by atoms with Crippen LogP contribution in [0.1, 0.15) is 42.4 Å². The van der Waals surface area contributed by atoms with E-state index in [9.17, 15) is 14.4 Å². The molecule has 0 spiro atoms. The second-order valence-electron chi connectivity index (χ2n) is 6.60. The third-order valence-corrected chi connectivity index (χ3v) is 4.85. The van der Waals surface area contributed by atoms with Crippen LogP contribution in [0.15, 0.2) is 42.5 Å². The molecule has 3 rings (SSSR count). The Labute approximate surface area is 146 Å². The molecule has 1 aliphatic carbocycles. The Balaban J connectivity index is 2.05. The highest BCUT2D eigenvalue weighted by atomic mass is 19.1. The van der Waals surface area contributed by atoms with Gasteiger partial charge in [-0.3, -0.25) is 4.79 Å². The molecule has 128 valence electrons. The monoisotopic (exact) mass is 337 g/mol. The summed E-state index contributed by atoms with van der Waals surface area (Å²) < 4.78 is 13.9. The highest BCUT2D eigenvalue weighted by Crippen LogP contribution is 2.40. The van der Waals surface area contributed by atoms with Crippen molar-refractivity contribution in [1.29, 1.82) is 5.26 Å². The predicted octanol–water partition coefficient (Wildman–Crippen LogP) is 3.66. The van der Waals surface area contributed by atoms with Crippen molar-refractivity contribution in [2.24, 2.45) is 11.7 Å². The Morgan fingerprint density at radius 1 is 1.28 bits per heavy atom. The maximum Gasteiger partial charge on any atom is 0.211 e. The first-order valence-electron chi connectivity index (χ1n) is 8.36. The molecular formula is C20H20FN3O. The Morgan fingerprint density at radius 3 is 2.72 bits per heavy atom. The van der Waals surface area contributed by atoms with Gasteiger partial charge in [-0.2, -0.15) is 5.26 Å². The lowest BCUT2D eigenvalue weighted by atomic mass is 9.79. The first kappa shape index (κ1) is 17.1. The van der Waals surface area contributed by atoms with Gasteiger partial charge in [0.15, 0.2) is 0 Å². The van der Waals surface area contributed by atoms with E-state index < -0.39 is 11.4 Å². The van der Waals surface area contributed by atoms with Crippen LogP contribution in [0.3, 0.4) is 0 Å². The Kier molecular flexibility index (Phi) is 4.82. The summed E-state index contributed by atoms with van der Waals surface area (Å²) in [5.41, 5.74) is 8.13. The number of carbonyl (C=O) groups excluding carboxylic acids is 1. The van der Waals surface area contributed by atoms with E-state index in [1.54, 1.807) is 30.3 Å². The second-order valence-corrected chi connectivity index (χ2v) is 6.60. The van der Waals surface area contributed by atoms with Crippen LogP contribution in [0.5, 0.6) is 0 Å². The predicted molar refractivity (Wildman–Crippen MR) is 94.2 cm³/mol. The SMILES string of the molecule is N#Cc1cccc(C(N)(CCC2CC2)c2ccc(F)c(NC=O)c2)c1. The van der Waals surface area contributed by atoms with E-state index in [-0.39, 0.29) is 5.69 Å². The van der Waals surface area contributed by atoms with Gasteiger partial charge in [0.2, 0.25) is 6.41 Å². The Morgan fingerprint density at radius 2 is 2.04 bits per heavy atom. The van der Waals surface area contributed by atoms with Crippen molar-refractivity contribution in [1.82, 2.24) is 0 Å². The molecule has 2 aromatic carbocycles. The molecule has 1 amide bonds. The molecule has 0 saturated heterocycles. The van der Waals surface area contributed by atoms with E-state index in [2.05, 4.69) is 11.4 Å². The van der Waals surface area contributed by atoms with E-state index in [1.807, 2.05) is 6.07 Å². The molecule has 1 unspecified atom stereocenters. The third kappa shape index (κ3) is 3.70. The summed E-state index contributed by atoms with van der Waals surface area (Å²) >= 11 is 0. The second kappa shape index (κ2) is 7.04. The zero-order valence-electron chi connectivity index (χ0n) is 13.8. The molecule has 0 bridgehead atoms. The van der Waals surface area contributed by atoms with E-state index in [4.69, 9.17) is 5.73 Å². The van der Waals surface area contributed by atoms with Crippen molar-refractivity contribution in [2.45, 2.75) is 31.2 Å². The third-order valence-electron chi connectivity index (χ3n) is 4.85. The number of benzene rings is 2. The average Bonchev–Trinajstić information content (AvgIpc) is 3.46. The number of nitrogens with two attached hydrogens (primary N) is 1. The summed E-state index contributed by atoms with van der Waals surface area (Å²) in [6.45, 7) is 0. The quantitative estimate of drug-likeness (QED) is 0.757. The summed E-state index contributed by atoms with van der Waals surface area (Å²) in [7, 11) is 0. The van der Waals surface area contributed by atoms with Gasteiger partial charge in [-0.05, 0) is 54.2 Å².